The van der Waals surface area contributed by atoms with Crippen LogP contribution < -0.4 is 10.9 Å². The number of pyridine rings is 1. The topological polar surface area (TPSA) is 77.4 Å². The van der Waals surface area contributed by atoms with Crippen molar-refractivity contribution in [1.29, 1.82) is 0 Å². The molecule has 0 aliphatic rings. The summed E-state index contributed by atoms with van der Waals surface area (Å²) in [6.45, 7) is -0.627. The van der Waals surface area contributed by atoms with Crippen LogP contribution in [-0.2, 0) is 20.9 Å². The molecule has 1 N–H and O–H groups in total. The zero-order valence-electron chi connectivity index (χ0n) is 12.5. The summed E-state index contributed by atoms with van der Waals surface area (Å²) < 4.78 is 6.10. The molecule has 0 spiro atoms. The van der Waals surface area contributed by atoms with Gasteiger partial charge in [-0.25, -0.2) is 0 Å². The van der Waals surface area contributed by atoms with E-state index in [1.807, 2.05) is 24.5 Å². The molecule has 6 nitrogen and oxygen atoms in total. The van der Waals surface area contributed by atoms with Crippen LogP contribution in [0.4, 0.5) is 5.69 Å². The number of anilines is 1. The summed E-state index contributed by atoms with van der Waals surface area (Å²) >= 11 is 1.50. The van der Waals surface area contributed by atoms with E-state index in [4.69, 9.17) is 4.74 Å². The minimum Gasteiger partial charge on any atom is -0.454 e. The number of para-hydroxylation sites is 1. The second kappa shape index (κ2) is 8.19. The van der Waals surface area contributed by atoms with Crippen LogP contribution >= 0.6 is 11.8 Å². The summed E-state index contributed by atoms with van der Waals surface area (Å²) in [6.07, 6.45) is 3.39. The molecule has 0 radical (unpaired) electrons. The number of hydrogen-bond donors (Lipinski definition) is 1. The Morgan fingerprint density at radius 3 is 2.65 bits per heavy atom. The summed E-state index contributed by atoms with van der Waals surface area (Å²) in [6, 6.07) is 11.9. The van der Waals surface area contributed by atoms with E-state index in [1.54, 1.807) is 18.2 Å². The third-order valence-electron chi connectivity index (χ3n) is 2.94. The molecule has 1 aromatic carbocycles. The molecule has 0 saturated heterocycles. The number of rotatable bonds is 6. The van der Waals surface area contributed by atoms with Gasteiger partial charge >= 0.3 is 5.97 Å². The second-order valence-corrected chi connectivity index (χ2v) is 5.42. The maximum Gasteiger partial charge on any atom is 0.326 e. The first-order valence-electron chi connectivity index (χ1n) is 6.84. The number of thioether (sulfide) groups is 1. The number of amides is 1. The van der Waals surface area contributed by atoms with Gasteiger partial charge in [-0.2, -0.15) is 0 Å². The first-order valence-corrected chi connectivity index (χ1v) is 8.06. The number of nitrogens with zero attached hydrogens (tertiary/aromatic N) is 1. The summed E-state index contributed by atoms with van der Waals surface area (Å²) in [5.74, 6) is -1.08. The zero-order chi connectivity index (χ0) is 16.7. The van der Waals surface area contributed by atoms with Crippen molar-refractivity contribution in [2.75, 3.05) is 18.2 Å². The first kappa shape index (κ1) is 16.8. The van der Waals surface area contributed by atoms with E-state index in [0.29, 0.717) is 5.69 Å². The van der Waals surface area contributed by atoms with E-state index in [-0.39, 0.29) is 12.1 Å². The number of hydrogen-bond acceptors (Lipinski definition) is 5. The van der Waals surface area contributed by atoms with Gasteiger partial charge < -0.3 is 14.6 Å². The van der Waals surface area contributed by atoms with Crippen molar-refractivity contribution in [3.05, 3.63) is 59.0 Å². The van der Waals surface area contributed by atoms with Gasteiger partial charge in [-0.15, -0.1) is 11.8 Å². The van der Waals surface area contributed by atoms with E-state index in [2.05, 4.69) is 5.32 Å². The van der Waals surface area contributed by atoms with Crippen molar-refractivity contribution in [1.82, 2.24) is 4.57 Å². The largest absolute Gasteiger partial charge is 0.454 e. The van der Waals surface area contributed by atoms with Gasteiger partial charge in [0.15, 0.2) is 6.61 Å². The van der Waals surface area contributed by atoms with Crippen LogP contribution in [0.1, 0.15) is 0 Å². The number of carbonyl (C=O) groups excluding carboxylic acids is 2. The predicted octanol–water partition coefficient (Wildman–Crippen LogP) is 1.75. The Morgan fingerprint density at radius 1 is 1.17 bits per heavy atom. The van der Waals surface area contributed by atoms with Gasteiger partial charge in [-0.3, -0.25) is 14.4 Å². The zero-order valence-corrected chi connectivity index (χ0v) is 13.3. The lowest BCUT2D eigenvalue weighted by Gasteiger charge is -2.10. The highest BCUT2D eigenvalue weighted by Crippen LogP contribution is 2.24. The average molecular weight is 332 g/mol. The smallest absolute Gasteiger partial charge is 0.326 e. The fourth-order valence-corrected chi connectivity index (χ4v) is 2.41. The Hall–Kier alpha value is -2.54. The number of benzene rings is 1. The molecule has 0 saturated carbocycles. The number of aromatic nitrogens is 1. The highest BCUT2D eigenvalue weighted by atomic mass is 32.2. The fourth-order valence-electron chi connectivity index (χ4n) is 1.86. The minimum absolute atomic E-state index is 0.228. The van der Waals surface area contributed by atoms with E-state index in [0.717, 1.165) is 4.90 Å². The van der Waals surface area contributed by atoms with E-state index in [1.165, 1.54) is 28.6 Å². The Bertz CT molecular complexity index is 757. The van der Waals surface area contributed by atoms with Crippen LogP contribution in [0.2, 0.25) is 0 Å². The standard InChI is InChI=1S/C16H16N2O4S/c1-23-13-7-3-2-6-12(13)17-14(19)11-22-16(21)10-18-9-5-4-8-15(18)20/h2-9H,10-11H2,1H3,(H,17,19). The van der Waals surface area contributed by atoms with Gasteiger partial charge in [0.05, 0.1) is 5.69 Å². The van der Waals surface area contributed by atoms with Gasteiger partial charge in [0.1, 0.15) is 6.54 Å². The number of carbonyl (C=O) groups is 2. The summed E-state index contributed by atoms with van der Waals surface area (Å²) in [5.41, 5.74) is 0.364. The lowest BCUT2D eigenvalue weighted by atomic mass is 10.3. The van der Waals surface area contributed by atoms with E-state index >= 15 is 0 Å². The highest BCUT2D eigenvalue weighted by Gasteiger charge is 2.10. The molecule has 0 aliphatic heterocycles. The monoisotopic (exact) mass is 332 g/mol. The number of esters is 1. The number of ether oxygens (including phenoxy) is 1. The molecule has 1 heterocycles. The highest BCUT2D eigenvalue weighted by molar-refractivity contribution is 7.98. The molecule has 2 aromatic rings. The Morgan fingerprint density at radius 2 is 1.91 bits per heavy atom. The van der Waals surface area contributed by atoms with Gasteiger partial charge in [0.25, 0.3) is 11.5 Å². The first-order chi connectivity index (χ1) is 11.1. The van der Waals surface area contributed by atoms with E-state index in [9.17, 15) is 14.4 Å². The average Bonchev–Trinajstić information content (AvgIpc) is 2.55. The van der Waals surface area contributed by atoms with Crippen molar-refractivity contribution in [2.45, 2.75) is 11.4 Å². The molecule has 2 rings (SSSR count). The van der Waals surface area contributed by atoms with Gasteiger partial charge in [0, 0.05) is 17.2 Å². The molecule has 0 fully saturated rings. The molecule has 1 amide bonds. The quantitative estimate of drug-likeness (QED) is 0.644. The molecule has 1 aromatic heterocycles. The molecule has 7 heteroatoms. The Kier molecular flexibility index (Phi) is 5.99. The molecular formula is C16H16N2O4S. The van der Waals surface area contributed by atoms with Crippen molar-refractivity contribution in [3.8, 4) is 0 Å². The van der Waals surface area contributed by atoms with E-state index < -0.39 is 18.5 Å². The van der Waals surface area contributed by atoms with Gasteiger partial charge in [-0.05, 0) is 24.5 Å². The molecule has 0 unspecified atom stereocenters. The minimum atomic E-state index is -0.647. The van der Waals surface area contributed by atoms with Crippen LogP contribution in [0.25, 0.3) is 0 Å². The third-order valence-corrected chi connectivity index (χ3v) is 3.74. The lowest BCUT2D eigenvalue weighted by molar-refractivity contribution is -0.147. The summed E-state index contributed by atoms with van der Waals surface area (Å²) in [4.78, 5) is 35.9. The molecule has 0 aliphatic carbocycles. The molecular weight excluding hydrogens is 316 g/mol. The van der Waals surface area contributed by atoms with Crippen LogP contribution in [0.5, 0.6) is 0 Å². The Labute approximate surface area is 137 Å². The van der Waals surface area contributed by atoms with Crippen LogP contribution in [0.3, 0.4) is 0 Å². The van der Waals surface area contributed by atoms with Gasteiger partial charge in [-0.1, -0.05) is 18.2 Å². The molecule has 0 atom stereocenters. The normalized spacial score (nSPS) is 10.1. The maximum atomic E-state index is 11.8. The summed E-state index contributed by atoms with van der Waals surface area (Å²) in [7, 11) is 0. The van der Waals surface area contributed by atoms with Crippen molar-refractivity contribution in [2.24, 2.45) is 0 Å². The van der Waals surface area contributed by atoms with Crippen LogP contribution in [-0.4, -0.2) is 29.3 Å². The van der Waals surface area contributed by atoms with Crippen molar-refractivity contribution >= 4 is 29.3 Å². The fraction of sp³-hybridized carbons (Fsp3) is 0.188. The molecule has 120 valence electrons. The number of nitrogens with one attached hydrogen (secondary N) is 1. The third kappa shape index (κ3) is 5.00. The lowest BCUT2D eigenvalue weighted by Crippen LogP contribution is -2.27. The SMILES string of the molecule is CSc1ccccc1NC(=O)COC(=O)Cn1ccccc1=O. The van der Waals surface area contributed by atoms with Crippen LogP contribution in [0.15, 0.2) is 58.4 Å². The van der Waals surface area contributed by atoms with Gasteiger partial charge in [0.2, 0.25) is 0 Å². The Balaban J connectivity index is 1.86. The molecule has 23 heavy (non-hydrogen) atoms. The van der Waals surface area contributed by atoms with Crippen LogP contribution in [0, 0.1) is 0 Å². The maximum absolute atomic E-state index is 11.8. The molecule has 0 bridgehead atoms. The summed E-state index contributed by atoms with van der Waals surface area (Å²) in [5, 5.41) is 2.69. The van der Waals surface area contributed by atoms with Crippen molar-refractivity contribution < 1.29 is 14.3 Å². The predicted molar refractivity (Wildman–Crippen MR) is 88.5 cm³/mol. The second-order valence-electron chi connectivity index (χ2n) is 4.58. The van der Waals surface area contributed by atoms with Crippen molar-refractivity contribution in [3.63, 3.8) is 0 Å².